The molecule has 1 aromatic heterocycles. The molecule has 1 aromatic rings. The quantitative estimate of drug-likeness (QED) is 0.839. The molecule has 0 amide bonds. The lowest BCUT2D eigenvalue weighted by Gasteiger charge is -2.38. The molecule has 1 fully saturated rings. The van der Waals surface area contributed by atoms with E-state index in [1.54, 1.807) is 0 Å². The van der Waals surface area contributed by atoms with Crippen LogP contribution in [0.4, 0.5) is 0 Å². The van der Waals surface area contributed by atoms with E-state index < -0.39 is 0 Å². The van der Waals surface area contributed by atoms with Crippen molar-refractivity contribution >= 4 is 0 Å². The lowest BCUT2D eigenvalue weighted by Crippen LogP contribution is -2.45. The number of piperidine rings is 1. The molecule has 0 aliphatic carbocycles. The molecule has 3 heterocycles. The number of hydrogen-bond donors (Lipinski definition) is 0. The SMILES string of the molecule is CC(C)N1CCCCC1Cc1nnc2n1CCCC2. The first kappa shape index (κ1) is 13.1. The lowest BCUT2D eigenvalue weighted by molar-refractivity contribution is 0.109. The van der Waals surface area contributed by atoms with Crippen molar-refractivity contribution in [1.82, 2.24) is 19.7 Å². The third-order valence-corrected chi connectivity index (χ3v) is 4.69. The van der Waals surface area contributed by atoms with Gasteiger partial charge < -0.3 is 4.57 Å². The Labute approximate surface area is 116 Å². The zero-order valence-corrected chi connectivity index (χ0v) is 12.3. The summed E-state index contributed by atoms with van der Waals surface area (Å²) in [6, 6.07) is 1.32. The first-order valence-corrected chi connectivity index (χ1v) is 7.92. The van der Waals surface area contributed by atoms with E-state index >= 15 is 0 Å². The van der Waals surface area contributed by atoms with Crippen LogP contribution in [0.25, 0.3) is 0 Å². The zero-order valence-electron chi connectivity index (χ0n) is 12.3. The van der Waals surface area contributed by atoms with Gasteiger partial charge in [-0.05, 0) is 46.1 Å². The normalized spacial score (nSPS) is 24.7. The number of aromatic nitrogens is 3. The molecule has 1 saturated heterocycles. The summed E-state index contributed by atoms with van der Waals surface area (Å²) < 4.78 is 2.39. The highest BCUT2D eigenvalue weighted by atomic mass is 15.3. The highest BCUT2D eigenvalue weighted by molar-refractivity contribution is 5.01. The molecule has 0 saturated carbocycles. The monoisotopic (exact) mass is 262 g/mol. The first-order chi connectivity index (χ1) is 9.25. The van der Waals surface area contributed by atoms with Gasteiger partial charge in [0.1, 0.15) is 11.6 Å². The Morgan fingerprint density at radius 1 is 1.11 bits per heavy atom. The van der Waals surface area contributed by atoms with Crippen molar-refractivity contribution in [2.75, 3.05) is 6.54 Å². The van der Waals surface area contributed by atoms with Gasteiger partial charge in [0.15, 0.2) is 0 Å². The largest absolute Gasteiger partial charge is 0.315 e. The van der Waals surface area contributed by atoms with Crippen LogP contribution in [0.1, 0.15) is 57.6 Å². The van der Waals surface area contributed by atoms with E-state index in [-0.39, 0.29) is 0 Å². The van der Waals surface area contributed by atoms with Crippen LogP contribution in [0.3, 0.4) is 0 Å². The number of nitrogens with zero attached hydrogens (tertiary/aromatic N) is 4. The minimum absolute atomic E-state index is 0.647. The van der Waals surface area contributed by atoms with Crippen LogP contribution in [0.5, 0.6) is 0 Å². The predicted molar refractivity (Wildman–Crippen MR) is 76.1 cm³/mol. The van der Waals surface area contributed by atoms with Crippen LogP contribution >= 0.6 is 0 Å². The molecule has 2 aliphatic rings. The second kappa shape index (κ2) is 5.61. The summed E-state index contributed by atoms with van der Waals surface area (Å²) in [5.41, 5.74) is 0. The molecule has 0 aromatic carbocycles. The van der Waals surface area contributed by atoms with Crippen molar-refractivity contribution in [3.63, 3.8) is 0 Å². The van der Waals surface area contributed by atoms with E-state index in [2.05, 4.69) is 33.5 Å². The van der Waals surface area contributed by atoms with Gasteiger partial charge >= 0.3 is 0 Å². The molecule has 19 heavy (non-hydrogen) atoms. The van der Waals surface area contributed by atoms with E-state index in [4.69, 9.17) is 0 Å². The lowest BCUT2D eigenvalue weighted by atomic mass is 9.97. The fourth-order valence-electron chi connectivity index (χ4n) is 3.65. The number of rotatable bonds is 3. The van der Waals surface area contributed by atoms with Crippen molar-refractivity contribution in [3.8, 4) is 0 Å². The van der Waals surface area contributed by atoms with Crippen molar-refractivity contribution in [2.45, 2.75) is 77.4 Å². The molecule has 4 heteroatoms. The van der Waals surface area contributed by atoms with Crippen LogP contribution in [0.2, 0.25) is 0 Å². The molecule has 0 radical (unpaired) electrons. The summed E-state index contributed by atoms with van der Waals surface area (Å²) in [7, 11) is 0. The topological polar surface area (TPSA) is 34.0 Å². The van der Waals surface area contributed by atoms with Gasteiger partial charge in [0, 0.05) is 31.5 Å². The van der Waals surface area contributed by atoms with E-state index in [0.29, 0.717) is 12.1 Å². The summed E-state index contributed by atoms with van der Waals surface area (Å²) >= 11 is 0. The third kappa shape index (κ3) is 2.69. The van der Waals surface area contributed by atoms with Crippen LogP contribution in [0, 0.1) is 0 Å². The standard InChI is InChI=1S/C15H26N4/c1-12(2)18-9-5-3-7-13(18)11-15-17-16-14-8-4-6-10-19(14)15/h12-13H,3-11H2,1-2H3. The Morgan fingerprint density at radius 3 is 2.79 bits per heavy atom. The molecule has 3 rings (SSSR count). The number of hydrogen-bond acceptors (Lipinski definition) is 3. The highest BCUT2D eigenvalue weighted by Crippen LogP contribution is 2.23. The van der Waals surface area contributed by atoms with E-state index in [1.165, 1.54) is 50.3 Å². The van der Waals surface area contributed by atoms with Gasteiger partial charge in [-0.15, -0.1) is 10.2 Å². The van der Waals surface area contributed by atoms with Gasteiger partial charge in [0.05, 0.1) is 0 Å². The van der Waals surface area contributed by atoms with E-state index in [9.17, 15) is 0 Å². The van der Waals surface area contributed by atoms with Crippen LogP contribution in [-0.4, -0.2) is 38.3 Å². The maximum atomic E-state index is 4.47. The van der Waals surface area contributed by atoms with Crippen LogP contribution in [0.15, 0.2) is 0 Å². The van der Waals surface area contributed by atoms with Gasteiger partial charge in [0.2, 0.25) is 0 Å². The molecule has 1 unspecified atom stereocenters. The molecular formula is C15H26N4. The zero-order chi connectivity index (χ0) is 13.2. The fourth-order valence-corrected chi connectivity index (χ4v) is 3.65. The Bertz CT molecular complexity index is 424. The summed E-state index contributed by atoms with van der Waals surface area (Å²) in [6.45, 7) is 7.02. The smallest absolute Gasteiger partial charge is 0.134 e. The second-order valence-electron chi connectivity index (χ2n) is 6.33. The van der Waals surface area contributed by atoms with Crippen molar-refractivity contribution in [1.29, 1.82) is 0 Å². The Hall–Kier alpha value is -0.900. The maximum Gasteiger partial charge on any atom is 0.134 e. The molecule has 1 atom stereocenters. The summed E-state index contributed by atoms with van der Waals surface area (Å²) in [5, 5.41) is 8.86. The summed E-state index contributed by atoms with van der Waals surface area (Å²) in [6.07, 6.45) is 8.81. The predicted octanol–water partition coefficient (Wildman–Crippen LogP) is 2.42. The summed E-state index contributed by atoms with van der Waals surface area (Å²) in [5.74, 6) is 2.44. The molecule has 106 valence electrons. The minimum Gasteiger partial charge on any atom is -0.315 e. The summed E-state index contributed by atoms with van der Waals surface area (Å²) in [4.78, 5) is 2.66. The van der Waals surface area contributed by atoms with E-state index in [1.807, 2.05) is 0 Å². The van der Waals surface area contributed by atoms with Crippen molar-refractivity contribution in [3.05, 3.63) is 11.6 Å². The average Bonchev–Trinajstić information content (AvgIpc) is 2.83. The van der Waals surface area contributed by atoms with E-state index in [0.717, 1.165) is 19.4 Å². The van der Waals surface area contributed by atoms with Gasteiger partial charge in [-0.25, -0.2) is 0 Å². The molecule has 0 bridgehead atoms. The van der Waals surface area contributed by atoms with Crippen LogP contribution < -0.4 is 0 Å². The van der Waals surface area contributed by atoms with Gasteiger partial charge in [0.25, 0.3) is 0 Å². The Kier molecular flexibility index (Phi) is 3.87. The third-order valence-electron chi connectivity index (χ3n) is 4.69. The molecule has 0 N–H and O–H groups in total. The van der Waals surface area contributed by atoms with Crippen LogP contribution in [-0.2, 0) is 19.4 Å². The highest BCUT2D eigenvalue weighted by Gasteiger charge is 2.27. The van der Waals surface area contributed by atoms with Gasteiger partial charge in [-0.2, -0.15) is 0 Å². The maximum absolute atomic E-state index is 4.47. The first-order valence-electron chi connectivity index (χ1n) is 7.92. The van der Waals surface area contributed by atoms with Crippen molar-refractivity contribution in [2.24, 2.45) is 0 Å². The second-order valence-corrected chi connectivity index (χ2v) is 6.33. The van der Waals surface area contributed by atoms with Crippen molar-refractivity contribution < 1.29 is 0 Å². The molecular weight excluding hydrogens is 236 g/mol. The average molecular weight is 262 g/mol. The minimum atomic E-state index is 0.647. The number of aryl methyl sites for hydroxylation is 1. The molecule has 0 spiro atoms. The number of fused-ring (bicyclic) bond motifs is 1. The number of likely N-dealkylation sites (tertiary alicyclic amines) is 1. The molecule has 2 aliphatic heterocycles. The Morgan fingerprint density at radius 2 is 1.95 bits per heavy atom. The fraction of sp³-hybridized carbons (Fsp3) is 0.867. The van der Waals surface area contributed by atoms with Gasteiger partial charge in [-0.3, -0.25) is 4.90 Å². The molecule has 4 nitrogen and oxygen atoms in total. The Balaban J connectivity index is 1.74. The van der Waals surface area contributed by atoms with Gasteiger partial charge in [-0.1, -0.05) is 6.42 Å².